The smallest absolute Gasteiger partial charge is 0.255 e. The average Bonchev–Trinajstić information content (AvgIpc) is 2.39. The van der Waals surface area contributed by atoms with Gasteiger partial charge in [-0.05, 0) is 51.1 Å². The van der Waals surface area contributed by atoms with E-state index in [4.69, 9.17) is 4.74 Å². The minimum atomic E-state index is -0.443. The molecule has 0 bridgehead atoms. The number of carbonyl (C=O) groups excluding carboxylic acids is 1. The van der Waals surface area contributed by atoms with Crippen molar-refractivity contribution in [2.24, 2.45) is 0 Å². The van der Waals surface area contributed by atoms with Gasteiger partial charge in [0.25, 0.3) is 5.91 Å². The molecule has 0 spiro atoms. The molecule has 1 aromatic carbocycles. The Balaban J connectivity index is 2.17. The van der Waals surface area contributed by atoms with Gasteiger partial charge in [-0.2, -0.15) is 0 Å². The topological polar surface area (TPSA) is 50.4 Å². The predicted molar refractivity (Wildman–Crippen MR) is 70.9 cm³/mol. The molecule has 1 aliphatic rings. The van der Waals surface area contributed by atoms with Crippen LogP contribution in [0.2, 0.25) is 0 Å². The molecule has 1 aromatic rings. The molecule has 5 heteroatoms. The highest BCUT2D eigenvalue weighted by atomic mass is 19.1. The van der Waals surface area contributed by atoms with Gasteiger partial charge in [0.1, 0.15) is 11.6 Å². The Kier molecular flexibility index (Phi) is 4.04. The minimum absolute atomic E-state index is 0.238. The summed E-state index contributed by atoms with van der Waals surface area (Å²) in [7, 11) is 1.47. The highest BCUT2D eigenvalue weighted by Crippen LogP contribution is 2.22. The highest BCUT2D eigenvalue weighted by molar-refractivity contribution is 5.97. The first-order chi connectivity index (χ1) is 9.04. The molecule has 0 aliphatic carbocycles. The third-order valence-electron chi connectivity index (χ3n) is 3.53. The Morgan fingerprint density at radius 3 is 2.74 bits per heavy atom. The van der Waals surface area contributed by atoms with Crippen molar-refractivity contribution in [3.05, 3.63) is 29.6 Å². The third kappa shape index (κ3) is 3.23. The van der Waals surface area contributed by atoms with E-state index in [9.17, 15) is 9.18 Å². The number of rotatable bonds is 3. The number of hydrogen-bond acceptors (Lipinski definition) is 3. The largest absolute Gasteiger partial charge is 0.496 e. The fraction of sp³-hybridized carbons (Fsp3) is 0.500. The molecule has 1 amide bonds. The molecule has 0 radical (unpaired) electrons. The van der Waals surface area contributed by atoms with Crippen LogP contribution in [-0.4, -0.2) is 31.6 Å². The zero-order valence-electron chi connectivity index (χ0n) is 11.3. The second-order valence-corrected chi connectivity index (χ2v) is 5.11. The number of nitrogens with one attached hydrogen (secondary N) is 2. The number of amides is 1. The fourth-order valence-corrected chi connectivity index (χ4v) is 2.30. The van der Waals surface area contributed by atoms with Crippen molar-refractivity contribution in [3.63, 3.8) is 0 Å². The maximum Gasteiger partial charge on any atom is 0.255 e. The normalized spacial score (nSPS) is 17.8. The van der Waals surface area contributed by atoms with Crippen molar-refractivity contribution in [1.82, 2.24) is 10.6 Å². The summed E-state index contributed by atoms with van der Waals surface area (Å²) in [6.07, 6.45) is 1.72. The maximum absolute atomic E-state index is 13.3. The summed E-state index contributed by atoms with van der Waals surface area (Å²) in [6, 6.07) is 3.95. The second kappa shape index (κ2) is 5.57. The molecule has 1 heterocycles. The summed E-state index contributed by atoms with van der Waals surface area (Å²) >= 11 is 0. The van der Waals surface area contributed by atoms with Crippen LogP contribution in [0, 0.1) is 5.82 Å². The second-order valence-electron chi connectivity index (χ2n) is 5.11. The van der Waals surface area contributed by atoms with Gasteiger partial charge in [-0.15, -0.1) is 0 Å². The van der Waals surface area contributed by atoms with Crippen LogP contribution in [0.25, 0.3) is 0 Å². The van der Waals surface area contributed by atoms with Crippen LogP contribution in [0.15, 0.2) is 18.2 Å². The van der Waals surface area contributed by atoms with Gasteiger partial charge in [-0.1, -0.05) is 0 Å². The molecule has 2 rings (SSSR count). The molecule has 0 aromatic heterocycles. The van der Waals surface area contributed by atoms with Gasteiger partial charge in [0.2, 0.25) is 0 Å². The summed E-state index contributed by atoms with van der Waals surface area (Å²) in [5.41, 5.74) is -0.0121. The van der Waals surface area contributed by atoms with E-state index >= 15 is 0 Å². The Morgan fingerprint density at radius 2 is 2.11 bits per heavy atom. The van der Waals surface area contributed by atoms with Crippen LogP contribution < -0.4 is 15.4 Å². The monoisotopic (exact) mass is 266 g/mol. The summed E-state index contributed by atoms with van der Waals surface area (Å²) in [4.78, 5) is 12.3. The predicted octanol–water partition coefficient (Wildman–Crippen LogP) is 1.71. The lowest BCUT2D eigenvalue weighted by Crippen LogP contribution is -2.52. The Morgan fingerprint density at radius 1 is 1.42 bits per heavy atom. The summed E-state index contributed by atoms with van der Waals surface area (Å²) in [6.45, 7) is 3.76. The average molecular weight is 266 g/mol. The zero-order valence-corrected chi connectivity index (χ0v) is 11.3. The lowest BCUT2D eigenvalue weighted by atomic mass is 9.90. The molecule has 1 aliphatic heterocycles. The van der Waals surface area contributed by atoms with Crippen molar-refractivity contribution < 1.29 is 13.9 Å². The molecule has 104 valence electrons. The first kappa shape index (κ1) is 13.8. The fourth-order valence-electron chi connectivity index (χ4n) is 2.30. The Bertz CT molecular complexity index is 471. The Labute approximate surface area is 112 Å². The minimum Gasteiger partial charge on any atom is -0.496 e. The summed E-state index contributed by atoms with van der Waals surface area (Å²) in [5.74, 6) is -0.349. The van der Waals surface area contributed by atoms with Gasteiger partial charge in [-0.3, -0.25) is 4.79 Å². The van der Waals surface area contributed by atoms with E-state index in [-0.39, 0.29) is 17.0 Å². The molecule has 0 atom stereocenters. The number of carbonyl (C=O) groups is 1. The quantitative estimate of drug-likeness (QED) is 0.875. The van der Waals surface area contributed by atoms with E-state index in [1.807, 2.05) is 6.92 Å². The van der Waals surface area contributed by atoms with Gasteiger partial charge in [-0.25, -0.2) is 4.39 Å². The van der Waals surface area contributed by atoms with Gasteiger partial charge in [0.15, 0.2) is 0 Å². The SMILES string of the molecule is COc1ccc(F)cc1C(=O)NC1(C)CCNCC1. The molecule has 0 unspecified atom stereocenters. The molecule has 1 fully saturated rings. The first-order valence-corrected chi connectivity index (χ1v) is 6.41. The number of hydrogen-bond donors (Lipinski definition) is 2. The molecule has 0 saturated carbocycles. The number of piperidine rings is 1. The molecule has 1 saturated heterocycles. The first-order valence-electron chi connectivity index (χ1n) is 6.41. The van der Waals surface area contributed by atoms with Crippen LogP contribution in [-0.2, 0) is 0 Å². The van der Waals surface area contributed by atoms with E-state index in [0.717, 1.165) is 25.9 Å². The van der Waals surface area contributed by atoms with Gasteiger partial charge >= 0.3 is 0 Å². The van der Waals surface area contributed by atoms with E-state index in [1.165, 1.54) is 25.3 Å². The van der Waals surface area contributed by atoms with Crippen molar-refractivity contribution in [1.29, 1.82) is 0 Å². The molecule has 4 nitrogen and oxygen atoms in total. The number of benzene rings is 1. The van der Waals surface area contributed by atoms with E-state index in [0.29, 0.717) is 5.75 Å². The van der Waals surface area contributed by atoms with Gasteiger partial charge in [0, 0.05) is 5.54 Å². The van der Waals surface area contributed by atoms with Gasteiger partial charge < -0.3 is 15.4 Å². The molecular weight excluding hydrogens is 247 g/mol. The number of halogens is 1. The molecular formula is C14H19FN2O2. The van der Waals surface area contributed by atoms with Crippen molar-refractivity contribution in [2.75, 3.05) is 20.2 Å². The van der Waals surface area contributed by atoms with Crippen molar-refractivity contribution >= 4 is 5.91 Å². The number of methoxy groups -OCH3 is 1. The lowest BCUT2D eigenvalue weighted by molar-refractivity contribution is 0.0884. The number of ether oxygens (including phenoxy) is 1. The van der Waals surface area contributed by atoms with Gasteiger partial charge in [0.05, 0.1) is 12.7 Å². The molecule has 2 N–H and O–H groups in total. The zero-order chi connectivity index (χ0) is 13.9. The van der Waals surface area contributed by atoms with Crippen molar-refractivity contribution in [3.8, 4) is 5.75 Å². The van der Waals surface area contributed by atoms with E-state index in [1.54, 1.807) is 0 Å². The third-order valence-corrected chi connectivity index (χ3v) is 3.53. The summed E-state index contributed by atoms with van der Waals surface area (Å²) in [5, 5.41) is 6.24. The Hall–Kier alpha value is -1.62. The highest BCUT2D eigenvalue weighted by Gasteiger charge is 2.29. The van der Waals surface area contributed by atoms with Crippen LogP contribution in [0.5, 0.6) is 5.75 Å². The van der Waals surface area contributed by atoms with Crippen LogP contribution >= 0.6 is 0 Å². The van der Waals surface area contributed by atoms with E-state index < -0.39 is 5.82 Å². The van der Waals surface area contributed by atoms with Crippen molar-refractivity contribution in [2.45, 2.75) is 25.3 Å². The van der Waals surface area contributed by atoms with Crippen LogP contribution in [0.1, 0.15) is 30.1 Å². The molecule has 19 heavy (non-hydrogen) atoms. The van der Waals surface area contributed by atoms with Crippen LogP contribution in [0.4, 0.5) is 4.39 Å². The standard InChI is InChI=1S/C14H19FN2O2/c1-14(5-7-16-8-6-14)17-13(18)11-9-10(15)3-4-12(11)19-2/h3-4,9,16H,5-8H2,1-2H3,(H,17,18). The summed E-state index contributed by atoms with van der Waals surface area (Å²) < 4.78 is 18.4. The van der Waals surface area contributed by atoms with E-state index in [2.05, 4.69) is 10.6 Å². The maximum atomic E-state index is 13.3. The lowest BCUT2D eigenvalue weighted by Gasteiger charge is -2.35. The van der Waals surface area contributed by atoms with Crippen LogP contribution in [0.3, 0.4) is 0 Å².